The smallest absolute Gasteiger partial charge is 0.317 e. The fourth-order valence-corrected chi connectivity index (χ4v) is 4.29. The van der Waals surface area contributed by atoms with Gasteiger partial charge in [0.25, 0.3) is 11.6 Å². The molecule has 28 heavy (non-hydrogen) atoms. The zero-order chi connectivity index (χ0) is 20.1. The lowest BCUT2D eigenvalue weighted by Crippen LogP contribution is -2.63. The number of hydrogen-bond donors (Lipinski definition) is 2. The number of alkyl halides is 3. The van der Waals surface area contributed by atoms with Crippen LogP contribution in [0.1, 0.15) is 44.1 Å². The Labute approximate surface area is 159 Å². The van der Waals surface area contributed by atoms with Crippen LogP contribution in [0.15, 0.2) is 18.2 Å². The van der Waals surface area contributed by atoms with Crippen molar-refractivity contribution in [2.24, 2.45) is 5.92 Å². The van der Waals surface area contributed by atoms with Crippen LogP contribution < -0.4 is 10.6 Å². The van der Waals surface area contributed by atoms with Gasteiger partial charge in [0.15, 0.2) is 0 Å². The van der Waals surface area contributed by atoms with E-state index in [1.54, 1.807) is 19.1 Å². The van der Waals surface area contributed by atoms with Crippen LogP contribution in [0.4, 0.5) is 19.1 Å². The Bertz CT molecular complexity index is 947. The quantitative estimate of drug-likeness (QED) is 0.832. The van der Waals surface area contributed by atoms with E-state index in [-0.39, 0.29) is 17.9 Å². The van der Waals surface area contributed by atoms with Gasteiger partial charge in [-0.15, -0.1) is 0 Å². The van der Waals surface area contributed by atoms with Crippen LogP contribution in [0.2, 0.25) is 0 Å². The molecule has 0 saturated heterocycles. The lowest BCUT2D eigenvalue weighted by molar-refractivity contribution is -0.217. The molecule has 6 nitrogen and oxygen atoms in total. The zero-order valence-corrected chi connectivity index (χ0v) is 15.4. The van der Waals surface area contributed by atoms with Gasteiger partial charge < -0.3 is 5.32 Å². The number of benzene rings is 1. The number of amides is 2. The van der Waals surface area contributed by atoms with Crippen molar-refractivity contribution >= 4 is 28.8 Å². The van der Waals surface area contributed by atoms with Gasteiger partial charge in [-0.05, 0) is 30.9 Å². The summed E-state index contributed by atoms with van der Waals surface area (Å²) in [6, 6.07) is 4.78. The molecule has 0 radical (unpaired) electrons. The summed E-state index contributed by atoms with van der Waals surface area (Å²) in [4.78, 5) is 29.1. The van der Waals surface area contributed by atoms with Gasteiger partial charge in [0.2, 0.25) is 11.9 Å². The number of fused-ring (bicyclic) bond motifs is 3. The van der Waals surface area contributed by atoms with Gasteiger partial charge in [-0.2, -0.15) is 13.2 Å². The number of nitrogens with zero attached hydrogens (tertiary/aromatic N) is 2. The lowest BCUT2D eigenvalue weighted by Gasteiger charge is -2.32. The van der Waals surface area contributed by atoms with E-state index in [1.165, 1.54) is 6.07 Å². The maximum Gasteiger partial charge on any atom is 0.440 e. The summed E-state index contributed by atoms with van der Waals surface area (Å²) in [7, 11) is 0. The minimum atomic E-state index is -5.04. The Morgan fingerprint density at radius 3 is 2.75 bits per heavy atom. The number of hydrogen-bond acceptors (Lipinski definition) is 3. The van der Waals surface area contributed by atoms with E-state index in [9.17, 15) is 22.8 Å². The SMILES string of the molecule is Cc1cccc2c1nc1n2C(NC(=O)CCC2CCCC2)(C(F)(F)F)C(=O)N1. The van der Waals surface area contributed by atoms with Crippen molar-refractivity contribution in [2.75, 3.05) is 5.32 Å². The van der Waals surface area contributed by atoms with Crippen LogP contribution in [0.3, 0.4) is 0 Å². The predicted octanol–water partition coefficient (Wildman–Crippen LogP) is 3.60. The van der Waals surface area contributed by atoms with E-state index in [0.717, 1.165) is 30.3 Å². The van der Waals surface area contributed by atoms with Crippen LogP contribution >= 0.6 is 0 Å². The molecule has 1 fully saturated rings. The first-order valence-electron chi connectivity index (χ1n) is 9.42. The van der Waals surface area contributed by atoms with Gasteiger partial charge in [0.1, 0.15) is 0 Å². The topological polar surface area (TPSA) is 76.0 Å². The second-order valence-corrected chi connectivity index (χ2v) is 7.61. The molecule has 1 aliphatic heterocycles. The highest BCUT2D eigenvalue weighted by molar-refractivity contribution is 6.05. The van der Waals surface area contributed by atoms with Crippen LogP contribution in [0.5, 0.6) is 0 Å². The highest BCUT2D eigenvalue weighted by Gasteiger charge is 2.67. The van der Waals surface area contributed by atoms with Crippen molar-refractivity contribution in [3.8, 4) is 0 Å². The molecule has 0 spiro atoms. The molecule has 1 atom stereocenters. The van der Waals surface area contributed by atoms with Crippen LogP contribution in [-0.2, 0) is 15.3 Å². The van der Waals surface area contributed by atoms with Crippen molar-refractivity contribution in [3.63, 3.8) is 0 Å². The van der Waals surface area contributed by atoms with E-state index in [2.05, 4.69) is 10.3 Å². The molecule has 2 aromatic rings. The van der Waals surface area contributed by atoms with Crippen molar-refractivity contribution in [1.29, 1.82) is 0 Å². The van der Waals surface area contributed by atoms with Gasteiger partial charge >= 0.3 is 6.18 Å². The summed E-state index contributed by atoms with van der Waals surface area (Å²) >= 11 is 0. The largest absolute Gasteiger partial charge is 0.440 e. The third-order valence-electron chi connectivity index (χ3n) is 5.76. The standard InChI is InChI=1S/C19H21F3N4O2/c1-11-5-4-8-13-15(11)23-17-24-16(28)18(26(13)17,19(20,21)22)25-14(27)10-9-12-6-2-3-7-12/h4-5,8,12H,2-3,6-7,9-10H2,1H3,(H,25,27)(H,23,24,28). The van der Waals surface area contributed by atoms with Crippen LogP contribution in [0, 0.1) is 12.8 Å². The average Bonchev–Trinajstić information content (AvgIpc) is 3.30. The molecule has 1 aromatic heterocycles. The molecule has 1 aliphatic carbocycles. The molecule has 1 unspecified atom stereocenters. The lowest BCUT2D eigenvalue weighted by atomic mass is 10.0. The Hall–Kier alpha value is -2.58. The zero-order valence-electron chi connectivity index (χ0n) is 15.4. The monoisotopic (exact) mass is 394 g/mol. The molecule has 1 saturated carbocycles. The third kappa shape index (κ3) is 2.75. The van der Waals surface area contributed by atoms with Crippen molar-refractivity contribution in [3.05, 3.63) is 23.8 Å². The van der Waals surface area contributed by atoms with Crippen LogP contribution in [0.25, 0.3) is 11.0 Å². The van der Waals surface area contributed by atoms with E-state index in [1.807, 2.05) is 5.32 Å². The molecule has 9 heteroatoms. The highest BCUT2D eigenvalue weighted by Crippen LogP contribution is 2.44. The fraction of sp³-hybridized carbons (Fsp3) is 0.526. The number of rotatable bonds is 4. The van der Waals surface area contributed by atoms with Crippen molar-refractivity contribution in [1.82, 2.24) is 14.9 Å². The minimum absolute atomic E-state index is 0.0449. The maximum absolute atomic E-state index is 14.2. The number of aryl methyl sites for hydroxylation is 1. The number of para-hydroxylation sites is 1. The summed E-state index contributed by atoms with van der Waals surface area (Å²) in [5.41, 5.74) is -2.03. The first-order valence-corrected chi connectivity index (χ1v) is 9.42. The van der Waals surface area contributed by atoms with E-state index in [0.29, 0.717) is 23.4 Å². The summed E-state index contributed by atoms with van der Waals surface area (Å²) in [6.07, 6.45) is -0.394. The molecule has 0 bridgehead atoms. The van der Waals surface area contributed by atoms with Gasteiger partial charge in [-0.3, -0.25) is 19.5 Å². The number of carbonyl (C=O) groups is 2. The van der Waals surface area contributed by atoms with Crippen molar-refractivity contribution < 1.29 is 22.8 Å². The molecule has 2 aliphatic rings. The van der Waals surface area contributed by atoms with E-state index < -0.39 is 23.7 Å². The second-order valence-electron chi connectivity index (χ2n) is 7.61. The molecule has 4 rings (SSSR count). The highest BCUT2D eigenvalue weighted by atomic mass is 19.4. The summed E-state index contributed by atoms with van der Waals surface area (Å²) in [5.74, 6) is -2.00. The van der Waals surface area contributed by atoms with E-state index >= 15 is 0 Å². The number of carbonyl (C=O) groups excluding carboxylic acids is 2. The van der Waals surface area contributed by atoms with Crippen molar-refractivity contribution in [2.45, 2.75) is 57.3 Å². The second kappa shape index (κ2) is 6.49. The maximum atomic E-state index is 14.2. The van der Waals surface area contributed by atoms with Gasteiger partial charge in [-0.25, -0.2) is 4.98 Å². The number of halogens is 3. The molecule has 2 heterocycles. The minimum Gasteiger partial charge on any atom is -0.317 e. The molecular weight excluding hydrogens is 373 g/mol. The molecule has 2 N–H and O–H groups in total. The Balaban J connectivity index is 1.72. The van der Waals surface area contributed by atoms with Crippen LogP contribution in [-0.4, -0.2) is 27.5 Å². The first-order chi connectivity index (χ1) is 13.2. The third-order valence-corrected chi connectivity index (χ3v) is 5.76. The Kier molecular flexibility index (Phi) is 4.35. The molecule has 150 valence electrons. The fourth-order valence-electron chi connectivity index (χ4n) is 4.29. The van der Waals surface area contributed by atoms with E-state index in [4.69, 9.17) is 0 Å². The van der Waals surface area contributed by atoms with Gasteiger partial charge in [-0.1, -0.05) is 37.8 Å². The number of imidazole rings is 1. The summed E-state index contributed by atoms with van der Waals surface area (Å²) in [6.45, 7) is 1.72. The normalized spacial score (nSPS) is 22.5. The summed E-state index contributed by atoms with van der Waals surface area (Å²) in [5, 5.41) is 4.20. The molecular formula is C19H21F3N4O2. The molecule has 2 amide bonds. The number of nitrogens with one attached hydrogen (secondary N) is 2. The van der Waals surface area contributed by atoms with Gasteiger partial charge in [0, 0.05) is 6.42 Å². The predicted molar refractivity (Wildman–Crippen MR) is 96.5 cm³/mol. The Morgan fingerprint density at radius 2 is 2.07 bits per heavy atom. The number of aromatic nitrogens is 2. The summed E-state index contributed by atoms with van der Waals surface area (Å²) < 4.78 is 43.5. The number of anilines is 1. The Morgan fingerprint density at radius 1 is 1.36 bits per heavy atom. The average molecular weight is 394 g/mol. The van der Waals surface area contributed by atoms with Gasteiger partial charge in [0.05, 0.1) is 11.0 Å². The molecule has 1 aromatic carbocycles. The first kappa shape index (κ1) is 18.8.